The Morgan fingerprint density at radius 3 is 1.36 bits per heavy atom. The normalized spacial score (nSPS) is 13.9. The maximum absolute atomic E-state index is 10.9. The molecule has 4 rings (SSSR count). The van der Waals surface area contributed by atoms with Crippen LogP contribution in [0.15, 0.2) is 87.4 Å². The molecule has 0 saturated heterocycles. The van der Waals surface area contributed by atoms with Crippen molar-refractivity contribution in [2.24, 2.45) is 0 Å². The van der Waals surface area contributed by atoms with Crippen LogP contribution in [-0.4, -0.2) is 57.9 Å². The van der Waals surface area contributed by atoms with Crippen LogP contribution in [0.25, 0.3) is 6.08 Å². The Kier molecular flexibility index (Phi) is 23.1. The molecule has 0 unspecified atom stereocenters. The minimum absolute atomic E-state index is 0.0388. The maximum Gasteiger partial charge on any atom is 0.172 e. The topological polar surface area (TPSA) is 203 Å². The first-order valence-electron chi connectivity index (χ1n) is 22.8. The Balaban J connectivity index is 0.000000382. The molecule has 0 saturated carbocycles. The van der Waals surface area contributed by atoms with E-state index in [-0.39, 0.29) is 33.8 Å². The monoisotopic (exact) mass is 907 g/mol. The number of carbonyl (C=O) groups excluding carboxylic acids is 1. The molecule has 0 spiro atoms. The predicted molar refractivity (Wildman–Crippen MR) is 262 cm³/mol. The lowest BCUT2D eigenvalue weighted by Gasteiger charge is -2.25. The van der Waals surface area contributed by atoms with Gasteiger partial charge in [-0.1, -0.05) is 65.5 Å². The van der Waals surface area contributed by atoms with Gasteiger partial charge in [-0.25, -0.2) is 0 Å². The molecule has 2 aromatic carbocycles. The minimum Gasteiger partial charge on any atom is -0.496 e. The molecule has 0 aliphatic carbocycles. The number of nitriles is 6. The number of nitrogens with zero attached hydrogens (tertiary/aromatic N) is 8. The van der Waals surface area contributed by atoms with E-state index in [9.17, 15) is 20.6 Å². The zero-order valence-electron chi connectivity index (χ0n) is 41.3. The number of allylic oxidation sites excluding steroid dienone is 4. The Morgan fingerprint density at radius 2 is 0.985 bits per heavy atom. The van der Waals surface area contributed by atoms with E-state index in [2.05, 4.69) is 55.7 Å². The van der Waals surface area contributed by atoms with Crippen molar-refractivity contribution in [1.82, 2.24) is 0 Å². The largest absolute Gasteiger partial charge is 0.496 e. The number of methoxy groups -OCH3 is 2. The van der Waals surface area contributed by atoms with Gasteiger partial charge < -0.3 is 28.7 Å². The lowest BCUT2D eigenvalue weighted by atomic mass is 9.94. The second-order valence-corrected chi connectivity index (χ2v) is 16.8. The highest BCUT2D eigenvalue weighted by atomic mass is 16.5. The molecule has 2 aromatic rings. The van der Waals surface area contributed by atoms with Crippen molar-refractivity contribution in [3.05, 3.63) is 98.6 Å². The van der Waals surface area contributed by atoms with Gasteiger partial charge in [0.1, 0.15) is 64.7 Å². The van der Waals surface area contributed by atoms with Crippen LogP contribution < -0.4 is 19.3 Å². The first-order chi connectivity index (χ1) is 32.1. The summed E-state index contributed by atoms with van der Waals surface area (Å²) in [4.78, 5) is 15.7. The minimum atomic E-state index is -0.847. The first kappa shape index (κ1) is 55.7. The van der Waals surface area contributed by atoms with E-state index < -0.39 is 11.2 Å². The highest BCUT2D eigenvalue weighted by Gasteiger charge is 2.39. The summed E-state index contributed by atoms with van der Waals surface area (Å²) in [7, 11) is 3.25. The third-order valence-corrected chi connectivity index (χ3v) is 11.3. The van der Waals surface area contributed by atoms with Crippen LogP contribution in [0, 0.1) is 68.0 Å². The van der Waals surface area contributed by atoms with E-state index in [1.807, 2.05) is 62.4 Å². The average molecular weight is 907 g/mol. The highest BCUT2D eigenvalue weighted by molar-refractivity contribution is 5.81. The number of benzene rings is 2. The van der Waals surface area contributed by atoms with Gasteiger partial charge in [0.05, 0.1) is 25.4 Å². The van der Waals surface area contributed by atoms with Gasteiger partial charge in [-0.3, -0.25) is 4.79 Å². The Labute approximate surface area is 399 Å². The van der Waals surface area contributed by atoms with Crippen LogP contribution in [0.2, 0.25) is 0 Å². The summed E-state index contributed by atoms with van der Waals surface area (Å²) in [5.74, 6) is 1.54. The number of hydrogen-bond acceptors (Lipinski definition) is 13. The fraction of sp³-hybridized carbons (Fsp3) is 0.463. The Morgan fingerprint density at radius 1 is 0.597 bits per heavy atom. The van der Waals surface area contributed by atoms with Crippen molar-refractivity contribution in [3.63, 3.8) is 0 Å². The summed E-state index contributed by atoms with van der Waals surface area (Å²) in [5, 5.41) is 54.5. The quantitative estimate of drug-likeness (QED) is 0.0952. The second kappa shape index (κ2) is 27.8. The zero-order valence-corrected chi connectivity index (χ0v) is 41.3. The third-order valence-electron chi connectivity index (χ3n) is 11.3. The van der Waals surface area contributed by atoms with Gasteiger partial charge in [0.2, 0.25) is 0 Å². The van der Waals surface area contributed by atoms with Gasteiger partial charge in [0.15, 0.2) is 29.0 Å². The molecule has 13 heteroatoms. The van der Waals surface area contributed by atoms with Gasteiger partial charge in [-0.05, 0) is 90.1 Å². The second-order valence-electron chi connectivity index (χ2n) is 16.8. The number of unbranched alkanes of at least 4 members (excludes halogenated alkanes) is 4. The summed E-state index contributed by atoms with van der Waals surface area (Å²) in [6, 6.07) is 23.1. The van der Waals surface area contributed by atoms with Gasteiger partial charge in [-0.15, -0.1) is 0 Å². The molecular weight excluding hydrogens is 841 g/mol. The molecule has 0 N–H and O–H groups in total. The average Bonchev–Trinajstić information content (AvgIpc) is 3.73. The molecule has 0 atom stereocenters. The summed E-state index contributed by atoms with van der Waals surface area (Å²) < 4.78 is 22.2. The summed E-state index contributed by atoms with van der Waals surface area (Å²) in [5.41, 5.74) is 3.76. The molecule has 352 valence electrons. The van der Waals surface area contributed by atoms with Crippen LogP contribution in [0.3, 0.4) is 0 Å². The summed E-state index contributed by atoms with van der Waals surface area (Å²) in [6.07, 6.45) is 13.8. The molecule has 2 aliphatic rings. The fourth-order valence-corrected chi connectivity index (χ4v) is 7.11. The number of hydrogen-bond donors (Lipinski definition) is 0. The SMILES string of the molecule is CC1=C(C#N)C(=C(C#N)C#N)OC1(C)C.CCCCN(CCCC)c1ccc(/C=C/C2=C(C#N)C(=C(C#N)C#N)OC2(C)C)c(OC)c1.CCCCN(CCCC)c1ccc(C=O)c(OC)c1. The molecule has 13 nitrogen and oxygen atoms in total. The maximum atomic E-state index is 10.9. The van der Waals surface area contributed by atoms with E-state index in [1.54, 1.807) is 53.2 Å². The van der Waals surface area contributed by atoms with E-state index in [0.717, 1.165) is 86.4 Å². The van der Waals surface area contributed by atoms with Gasteiger partial charge >= 0.3 is 0 Å². The molecule has 2 heterocycles. The molecule has 2 aliphatic heterocycles. The van der Waals surface area contributed by atoms with Crippen molar-refractivity contribution in [1.29, 1.82) is 31.6 Å². The number of aldehydes is 1. The number of ether oxygens (including phenoxy) is 4. The molecular formula is C54H66N8O5. The number of rotatable bonds is 19. The van der Waals surface area contributed by atoms with Crippen LogP contribution >= 0.6 is 0 Å². The molecule has 0 radical (unpaired) electrons. The zero-order chi connectivity index (χ0) is 50.2. The summed E-state index contributed by atoms with van der Waals surface area (Å²) >= 11 is 0. The van der Waals surface area contributed by atoms with E-state index in [4.69, 9.17) is 34.7 Å². The molecule has 0 bridgehead atoms. The van der Waals surface area contributed by atoms with Crippen LogP contribution in [-0.2, 0) is 9.47 Å². The van der Waals surface area contributed by atoms with Crippen molar-refractivity contribution in [3.8, 4) is 47.9 Å². The lowest BCUT2D eigenvalue weighted by Crippen LogP contribution is -2.25. The smallest absolute Gasteiger partial charge is 0.172 e. The van der Waals surface area contributed by atoms with Gasteiger partial charge in [-0.2, -0.15) is 31.6 Å². The van der Waals surface area contributed by atoms with E-state index in [1.165, 1.54) is 25.7 Å². The van der Waals surface area contributed by atoms with Crippen molar-refractivity contribution in [2.45, 2.75) is 125 Å². The number of anilines is 2. The molecule has 0 amide bonds. The van der Waals surface area contributed by atoms with Crippen LogP contribution in [0.5, 0.6) is 11.5 Å². The van der Waals surface area contributed by atoms with Gasteiger partial charge in [0.25, 0.3) is 0 Å². The van der Waals surface area contributed by atoms with Crippen LogP contribution in [0.1, 0.15) is 130 Å². The van der Waals surface area contributed by atoms with Crippen LogP contribution in [0.4, 0.5) is 11.4 Å². The summed E-state index contributed by atoms with van der Waals surface area (Å²) in [6.45, 7) is 21.9. The highest BCUT2D eigenvalue weighted by Crippen LogP contribution is 2.41. The lowest BCUT2D eigenvalue weighted by molar-refractivity contribution is 0.0927. The molecule has 67 heavy (non-hydrogen) atoms. The van der Waals surface area contributed by atoms with E-state index in [0.29, 0.717) is 16.9 Å². The van der Waals surface area contributed by atoms with Gasteiger partial charge in [0, 0.05) is 60.8 Å². The molecule has 0 aromatic heterocycles. The standard InChI is InChI=1S/C27H32N4O2.C16H25NO2.C11H9N3O/c1-6-8-14-31(15-9-7-2)22-12-10-20(25(16-22)32-5)11-13-24-23(19-30)26(21(17-28)18-29)33-27(24,3)4;1-4-6-10-17(11-7-5-2)15-9-8-14(13-18)16(12-15)19-3;1-7-9(6-14)10(8(4-12)5-13)15-11(7,2)3/h10-13,16H,6-9,14-15H2,1-5H3;8-9,12-13H,4-7,10-11H2,1-3H3;1-3H3/b13-11+;;. The third kappa shape index (κ3) is 15.0. The number of carbonyl (C=O) groups is 1. The predicted octanol–water partition coefficient (Wildman–Crippen LogP) is 11.9. The van der Waals surface area contributed by atoms with Crippen molar-refractivity contribution in [2.75, 3.05) is 50.2 Å². The fourth-order valence-electron chi connectivity index (χ4n) is 7.11. The Bertz CT molecular complexity index is 2420. The Hall–Kier alpha value is -7.45. The molecule has 0 fully saturated rings. The van der Waals surface area contributed by atoms with Crippen molar-refractivity contribution >= 4 is 23.7 Å². The van der Waals surface area contributed by atoms with Crippen molar-refractivity contribution < 1.29 is 23.7 Å². The first-order valence-corrected chi connectivity index (χ1v) is 22.8. The van der Waals surface area contributed by atoms with E-state index >= 15 is 0 Å².